The molecule has 2 heterocycles. The second-order valence-electron chi connectivity index (χ2n) is 9.89. The first-order valence-corrected chi connectivity index (χ1v) is 12.2. The summed E-state index contributed by atoms with van der Waals surface area (Å²) in [6.45, 7) is 2.44. The molecule has 1 saturated heterocycles. The zero-order valence-electron chi connectivity index (χ0n) is 18.8. The maximum atomic E-state index is 13.3. The minimum atomic E-state index is 0.287. The highest BCUT2D eigenvalue weighted by Crippen LogP contribution is 2.33. The fourth-order valence-corrected chi connectivity index (χ4v) is 6.45. The molecular weight excluding hydrogens is 370 g/mol. The van der Waals surface area contributed by atoms with E-state index in [1.165, 1.54) is 98.6 Å². The van der Waals surface area contributed by atoms with Gasteiger partial charge in [-0.15, -0.1) is 0 Å². The quantitative estimate of drug-likeness (QED) is 0.748. The molecule has 1 aromatic heterocycles. The molecule has 3 aliphatic rings. The van der Waals surface area contributed by atoms with Crippen molar-refractivity contribution < 1.29 is 4.79 Å². The Labute approximate surface area is 181 Å². The number of nitrogens with zero attached hydrogens (tertiary/aromatic N) is 3. The van der Waals surface area contributed by atoms with Gasteiger partial charge in [0.2, 0.25) is 5.91 Å². The molecule has 30 heavy (non-hydrogen) atoms. The molecule has 5 rings (SSSR count). The van der Waals surface area contributed by atoms with E-state index in [2.05, 4.69) is 46.7 Å². The summed E-state index contributed by atoms with van der Waals surface area (Å²) in [4.78, 5) is 18.1. The van der Waals surface area contributed by atoms with Gasteiger partial charge in [-0.1, -0.05) is 18.9 Å². The lowest BCUT2D eigenvalue weighted by atomic mass is 9.88. The number of carbonyl (C=O) groups excluding carboxylic acids is 1. The zero-order chi connectivity index (χ0) is 20.7. The molecule has 2 aromatic rings. The third-order valence-corrected chi connectivity index (χ3v) is 8.14. The highest BCUT2D eigenvalue weighted by Gasteiger charge is 2.35. The molecule has 1 saturated carbocycles. The average Bonchev–Trinajstić information content (AvgIpc) is 3.41. The lowest BCUT2D eigenvalue weighted by Gasteiger charge is -2.42. The molecule has 1 aromatic carbocycles. The van der Waals surface area contributed by atoms with E-state index in [0.29, 0.717) is 18.5 Å². The standard InChI is InChI=1S/C26H37N3O/c1-27-22-10-4-3-9-20(22)21-17-19(13-14-23(21)27)18-26(30)28(2)24-11-5-6-12-25(24)29-15-7-8-16-29/h13-14,17,24-25H,3-12,15-16,18H2,1-2H3. The van der Waals surface area contributed by atoms with E-state index >= 15 is 0 Å². The maximum absolute atomic E-state index is 13.3. The largest absolute Gasteiger partial charge is 0.347 e. The summed E-state index contributed by atoms with van der Waals surface area (Å²) in [7, 11) is 4.26. The van der Waals surface area contributed by atoms with Gasteiger partial charge in [0, 0.05) is 42.8 Å². The van der Waals surface area contributed by atoms with Gasteiger partial charge in [0.15, 0.2) is 0 Å². The van der Waals surface area contributed by atoms with Crippen LogP contribution in [0.25, 0.3) is 10.9 Å². The predicted molar refractivity (Wildman–Crippen MR) is 123 cm³/mol. The summed E-state index contributed by atoms with van der Waals surface area (Å²) in [5, 5.41) is 1.38. The highest BCUT2D eigenvalue weighted by molar-refractivity contribution is 5.88. The number of likely N-dealkylation sites (N-methyl/N-ethyl adjacent to an activating group) is 1. The SMILES string of the molecule is CN(C(=O)Cc1ccc2c(c1)c1c(n2C)CCCC1)C1CCCCC1N1CCCC1. The van der Waals surface area contributed by atoms with Crippen LogP contribution in [0.5, 0.6) is 0 Å². The molecule has 0 bridgehead atoms. The molecule has 0 spiro atoms. The average molecular weight is 408 g/mol. The van der Waals surface area contributed by atoms with Gasteiger partial charge in [-0.25, -0.2) is 0 Å². The van der Waals surface area contributed by atoms with Crippen molar-refractivity contribution in [1.29, 1.82) is 0 Å². The van der Waals surface area contributed by atoms with Gasteiger partial charge in [0.1, 0.15) is 0 Å². The number of aryl methyl sites for hydroxylation is 2. The monoisotopic (exact) mass is 407 g/mol. The van der Waals surface area contributed by atoms with Crippen LogP contribution < -0.4 is 0 Å². The smallest absolute Gasteiger partial charge is 0.227 e. The van der Waals surface area contributed by atoms with Gasteiger partial charge in [0.25, 0.3) is 0 Å². The van der Waals surface area contributed by atoms with Gasteiger partial charge < -0.3 is 9.47 Å². The van der Waals surface area contributed by atoms with Crippen molar-refractivity contribution in [3.8, 4) is 0 Å². The van der Waals surface area contributed by atoms with Crippen molar-refractivity contribution >= 4 is 16.8 Å². The molecular formula is C26H37N3O. The summed E-state index contributed by atoms with van der Waals surface area (Å²) in [6, 6.07) is 7.68. The van der Waals surface area contributed by atoms with Gasteiger partial charge in [-0.05, 0) is 87.7 Å². The van der Waals surface area contributed by atoms with E-state index in [1.807, 2.05) is 0 Å². The van der Waals surface area contributed by atoms with Crippen LogP contribution in [0.4, 0.5) is 0 Å². The molecule has 2 fully saturated rings. The second-order valence-corrected chi connectivity index (χ2v) is 9.89. The normalized spacial score (nSPS) is 24.9. The van der Waals surface area contributed by atoms with Crippen molar-refractivity contribution in [2.75, 3.05) is 20.1 Å². The minimum absolute atomic E-state index is 0.287. The Bertz CT molecular complexity index is 924. The third kappa shape index (κ3) is 3.57. The Morgan fingerprint density at radius 3 is 2.63 bits per heavy atom. The molecule has 2 unspecified atom stereocenters. The number of hydrogen-bond acceptors (Lipinski definition) is 2. The molecule has 2 atom stereocenters. The van der Waals surface area contributed by atoms with Crippen LogP contribution in [0.15, 0.2) is 18.2 Å². The maximum Gasteiger partial charge on any atom is 0.227 e. The fraction of sp³-hybridized carbons (Fsp3) is 0.654. The van der Waals surface area contributed by atoms with Crippen molar-refractivity contribution in [3.63, 3.8) is 0 Å². The van der Waals surface area contributed by atoms with Gasteiger partial charge in [-0.2, -0.15) is 0 Å². The second kappa shape index (κ2) is 8.37. The van der Waals surface area contributed by atoms with E-state index in [1.54, 1.807) is 0 Å². The predicted octanol–water partition coefficient (Wildman–Crippen LogP) is 4.47. The number of likely N-dealkylation sites (tertiary alicyclic amines) is 1. The van der Waals surface area contributed by atoms with E-state index in [-0.39, 0.29) is 5.91 Å². The molecule has 1 aliphatic heterocycles. The number of carbonyl (C=O) groups is 1. The van der Waals surface area contributed by atoms with E-state index < -0.39 is 0 Å². The van der Waals surface area contributed by atoms with Crippen molar-refractivity contribution in [2.45, 2.75) is 82.7 Å². The van der Waals surface area contributed by atoms with Gasteiger partial charge >= 0.3 is 0 Å². The van der Waals surface area contributed by atoms with Crippen LogP contribution in [0.3, 0.4) is 0 Å². The first-order chi connectivity index (χ1) is 14.6. The van der Waals surface area contributed by atoms with Crippen LogP contribution in [-0.2, 0) is 31.1 Å². The fourth-order valence-electron chi connectivity index (χ4n) is 6.45. The number of rotatable bonds is 4. The van der Waals surface area contributed by atoms with Crippen LogP contribution in [0.2, 0.25) is 0 Å². The van der Waals surface area contributed by atoms with E-state index in [0.717, 1.165) is 6.42 Å². The Morgan fingerprint density at radius 2 is 1.80 bits per heavy atom. The topological polar surface area (TPSA) is 28.5 Å². The van der Waals surface area contributed by atoms with Crippen molar-refractivity contribution in [2.24, 2.45) is 7.05 Å². The number of amides is 1. The third-order valence-electron chi connectivity index (χ3n) is 8.14. The van der Waals surface area contributed by atoms with Crippen LogP contribution in [0, 0.1) is 0 Å². The summed E-state index contributed by atoms with van der Waals surface area (Å²) >= 11 is 0. The minimum Gasteiger partial charge on any atom is -0.347 e. The first-order valence-electron chi connectivity index (χ1n) is 12.2. The lowest BCUT2D eigenvalue weighted by Crippen LogP contribution is -2.53. The van der Waals surface area contributed by atoms with E-state index in [4.69, 9.17) is 0 Å². The number of aromatic nitrogens is 1. The molecule has 162 valence electrons. The molecule has 4 nitrogen and oxygen atoms in total. The molecule has 2 aliphatic carbocycles. The van der Waals surface area contributed by atoms with Crippen LogP contribution in [-0.4, -0.2) is 52.5 Å². The van der Waals surface area contributed by atoms with Gasteiger partial charge in [-0.3, -0.25) is 9.69 Å². The zero-order valence-corrected chi connectivity index (χ0v) is 18.8. The van der Waals surface area contributed by atoms with Crippen molar-refractivity contribution in [1.82, 2.24) is 14.4 Å². The lowest BCUT2D eigenvalue weighted by molar-refractivity contribution is -0.133. The number of hydrogen-bond donors (Lipinski definition) is 0. The molecule has 4 heteroatoms. The first kappa shape index (κ1) is 20.1. The highest BCUT2D eigenvalue weighted by atomic mass is 16.2. The molecule has 0 radical (unpaired) electrons. The summed E-state index contributed by atoms with van der Waals surface area (Å²) < 4.78 is 2.38. The van der Waals surface area contributed by atoms with Crippen LogP contribution >= 0.6 is 0 Å². The Hall–Kier alpha value is -1.81. The summed E-state index contributed by atoms with van der Waals surface area (Å²) in [6.07, 6.45) is 13.1. The summed E-state index contributed by atoms with van der Waals surface area (Å²) in [5.41, 5.74) is 5.54. The molecule has 1 amide bonds. The van der Waals surface area contributed by atoms with Gasteiger partial charge in [0.05, 0.1) is 6.42 Å². The van der Waals surface area contributed by atoms with Crippen LogP contribution in [0.1, 0.15) is 68.2 Å². The molecule has 0 N–H and O–H groups in total. The number of benzene rings is 1. The Balaban J connectivity index is 1.34. The Kier molecular flexibility index (Phi) is 5.61. The number of fused-ring (bicyclic) bond motifs is 3. The Morgan fingerprint density at radius 1 is 1.03 bits per heavy atom. The van der Waals surface area contributed by atoms with E-state index in [9.17, 15) is 4.79 Å². The summed E-state index contributed by atoms with van der Waals surface area (Å²) in [5.74, 6) is 0.287. The van der Waals surface area contributed by atoms with Crippen molar-refractivity contribution in [3.05, 3.63) is 35.0 Å².